The number of fused-ring (bicyclic) bond motifs is 1. The highest BCUT2D eigenvalue weighted by atomic mass is 79.9. The van der Waals surface area contributed by atoms with Crippen LogP contribution < -0.4 is 0 Å². The van der Waals surface area contributed by atoms with E-state index in [2.05, 4.69) is 20.9 Å². The summed E-state index contributed by atoms with van der Waals surface area (Å²) in [7, 11) is 0. The zero-order chi connectivity index (χ0) is 14.8. The largest absolute Gasteiger partial charge is 0.294 e. The third-order valence-electron chi connectivity index (χ3n) is 3.32. The quantitative estimate of drug-likeness (QED) is 0.652. The minimum absolute atomic E-state index is 0.0572. The van der Waals surface area contributed by atoms with E-state index < -0.39 is 0 Å². The van der Waals surface area contributed by atoms with Crippen LogP contribution in [0.2, 0.25) is 0 Å². The van der Waals surface area contributed by atoms with E-state index in [0.717, 1.165) is 16.5 Å². The smallest absolute Gasteiger partial charge is 0.168 e. The summed E-state index contributed by atoms with van der Waals surface area (Å²) in [6, 6.07) is 13.6. The predicted octanol–water partition coefficient (Wildman–Crippen LogP) is 4.56. The molecule has 0 amide bonds. The number of nitrogens with zero attached hydrogens (tertiary/aromatic N) is 1. The highest BCUT2D eigenvalue weighted by Crippen LogP contribution is 2.22. The molecule has 2 nitrogen and oxygen atoms in total. The molecule has 104 valence electrons. The van der Waals surface area contributed by atoms with Gasteiger partial charge in [-0.25, -0.2) is 4.39 Å². The minimum Gasteiger partial charge on any atom is -0.294 e. The standard InChI is InChI=1S/C17H11BrFNO/c18-15-10-12(19)5-6-14(15)17(21)9-11-7-8-20-16-4-2-1-3-13(11)16/h1-8,10H,9H2. The summed E-state index contributed by atoms with van der Waals surface area (Å²) in [5, 5.41) is 0.964. The number of pyridine rings is 1. The molecule has 0 saturated heterocycles. The van der Waals surface area contributed by atoms with E-state index in [1.54, 1.807) is 6.20 Å². The zero-order valence-electron chi connectivity index (χ0n) is 11.0. The third kappa shape index (κ3) is 2.85. The van der Waals surface area contributed by atoms with Crippen LogP contribution in [0.3, 0.4) is 0 Å². The lowest BCUT2D eigenvalue weighted by molar-refractivity contribution is 0.0992. The number of rotatable bonds is 3. The number of aromatic nitrogens is 1. The van der Waals surface area contributed by atoms with Gasteiger partial charge in [-0.15, -0.1) is 0 Å². The first-order valence-electron chi connectivity index (χ1n) is 6.46. The van der Waals surface area contributed by atoms with Crippen molar-refractivity contribution in [3.63, 3.8) is 0 Å². The lowest BCUT2D eigenvalue weighted by Gasteiger charge is -2.07. The molecular formula is C17H11BrFNO. The topological polar surface area (TPSA) is 30.0 Å². The van der Waals surface area contributed by atoms with Gasteiger partial charge < -0.3 is 0 Å². The van der Waals surface area contributed by atoms with Crippen LogP contribution in [0, 0.1) is 5.82 Å². The monoisotopic (exact) mass is 343 g/mol. The summed E-state index contributed by atoms with van der Waals surface area (Å²) in [6.07, 6.45) is 1.96. The molecule has 0 fully saturated rings. The lowest BCUT2D eigenvalue weighted by atomic mass is 10.00. The van der Waals surface area contributed by atoms with E-state index in [-0.39, 0.29) is 18.0 Å². The summed E-state index contributed by atoms with van der Waals surface area (Å²) < 4.78 is 13.6. The second-order valence-corrected chi connectivity index (χ2v) is 5.57. The molecule has 1 heterocycles. The molecule has 0 aliphatic heterocycles. The van der Waals surface area contributed by atoms with Gasteiger partial charge in [-0.2, -0.15) is 0 Å². The van der Waals surface area contributed by atoms with Crippen LogP contribution in [-0.2, 0) is 6.42 Å². The number of para-hydroxylation sites is 1. The van der Waals surface area contributed by atoms with Gasteiger partial charge in [-0.1, -0.05) is 18.2 Å². The molecule has 0 bridgehead atoms. The number of benzene rings is 2. The second-order valence-electron chi connectivity index (χ2n) is 4.71. The molecule has 0 atom stereocenters. The number of hydrogen-bond acceptors (Lipinski definition) is 2. The summed E-state index contributed by atoms with van der Waals surface area (Å²) in [5.74, 6) is -0.425. The Bertz CT molecular complexity index is 827. The van der Waals surface area contributed by atoms with Gasteiger partial charge in [0.05, 0.1) is 5.52 Å². The Balaban J connectivity index is 1.97. The molecule has 0 spiro atoms. The summed E-state index contributed by atoms with van der Waals surface area (Å²) in [5.41, 5.74) is 2.26. The summed E-state index contributed by atoms with van der Waals surface area (Å²) >= 11 is 3.24. The van der Waals surface area contributed by atoms with Gasteiger partial charge >= 0.3 is 0 Å². The van der Waals surface area contributed by atoms with Crippen LogP contribution in [0.4, 0.5) is 4.39 Å². The van der Waals surface area contributed by atoms with Crippen molar-refractivity contribution in [2.45, 2.75) is 6.42 Å². The number of halogens is 2. The Kier molecular flexibility index (Phi) is 3.80. The van der Waals surface area contributed by atoms with E-state index in [1.165, 1.54) is 18.2 Å². The van der Waals surface area contributed by atoms with E-state index in [1.807, 2.05) is 30.3 Å². The first kappa shape index (κ1) is 13.9. The second kappa shape index (κ2) is 5.74. The van der Waals surface area contributed by atoms with Gasteiger partial charge in [0.1, 0.15) is 5.82 Å². The van der Waals surface area contributed by atoms with Crippen LogP contribution in [0.5, 0.6) is 0 Å². The summed E-state index contributed by atoms with van der Waals surface area (Å²) in [6.45, 7) is 0. The summed E-state index contributed by atoms with van der Waals surface area (Å²) in [4.78, 5) is 16.7. The van der Waals surface area contributed by atoms with Crippen LogP contribution in [0.15, 0.2) is 59.2 Å². The van der Waals surface area contributed by atoms with Gasteiger partial charge in [-0.05, 0) is 51.8 Å². The van der Waals surface area contributed by atoms with Gasteiger partial charge in [0, 0.05) is 28.0 Å². The van der Waals surface area contributed by atoms with Crippen molar-refractivity contribution in [3.05, 3.63) is 76.1 Å². The highest BCUT2D eigenvalue weighted by Gasteiger charge is 2.13. The van der Waals surface area contributed by atoms with Crippen LogP contribution >= 0.6 is 15.9 Å². The number of hydrogen-bond donors (Lipinski definition) is 0. The van der Waals surface area contributed by atoms with Gasteiger partial charge in [0.2, 0.25) is 0 Å². The zero-order valence-corrected chi connectivity index (χ0v) is 12.6. The molecule has 0 radical (unpaired) electrons. The fraction of sp³-hybridized carbons (Fsp3) is 0.0588. The van der Waals surface area contributed by atoms with E-state index in [4.69, 9.17) is 0 Å². The van der Waals surface area contributed by atoms with Gasteiger partial charge in [0.25, 0.3) is 0 Å². The highest BCUT2D eigenvalue weighted by molar-refractivity contribution is 9.10. The van der Waals surface area contributed by atoms with Crippen LogP contribution in [0.1, 0.15) is 15.9 Å². The maximum Gasteiger partial charge on any atom is 0.168 e. The predicted molar refractivity (Wildman–Crippen MR) is 83.9 cm³/mol. The van der Waals surface area contributed by atoms with Crippen molar-refractivity contribution in [3.8, 4) is 0 Å². The first-order valence-corrected chi connectivity index (χ1v) is 7.25. The molecule has 1 aromatic heterocycles. The Morgan fingerprint density at radius 1 is 1.14 bits per heavy atom. The van der Waals surface area contributed by atoms with Crippen molar-refractivity contribution < 1.29 is 9.18 Å². The maximum atomic E-state index is 13.1. The lowest BCUT2D eigenvalue weighted by Crippen LogP contribution is -2.05. The van der Waals surface area contributed by atoms with Crippen molar-refractivity contribution in [2.24, 2.45) is 0 Å². The minimum atomic E-state index is -0.368. The average Bonchev–Trinajstić information content (AvgIpc) is 2.47. The maximum absolute atomic E-state index is 13.1. The number of carbonyl (C=O) groups excluding carboxylic acids is 1. The molecule has 4 heteroatoms. The fourth-order valence-electron chi connectivity index (χ4n) is 2.29. The molecule has 3 rings (SSSR count). The third-order valence-corrected chi connectivity index (χ3v) is 3.98. The van der Waals surface area contributed by atoms with E-state index in [9.17, 15) is 9.18 Å². The van der Waals surface area contributed by atoms with E-state index >= 15 is 0 Å². The fourth-order valence-corrected chi connectivity index (χ4v) is 2.87. The molecule has 2 aromatic carbocycles. The molecule has 0 unspecified atom stereocenters. The molecule has 0 N–H and O–H groups in total. The molecule has 0 aliphatic rings. The van der Waals surface area contributed by atoms with Gasteiger partial charge in [-0.3, -0.25) is 9.78 Å². The van der Waals surface area contributed by atoms with Crippen molar-refractivity contribution in [2.75, 3.05) is 0 Å². The van der Waals surface area contributed by atoms with Crippen molar-refractivity contribution in [1.29, 1.82) is 0 Å². The van der Waals surface area contributed by atoms with Crippen molar-refractivity contribution in [1.82, 2.24) is 4.98 Å². The Morgan fingerprint density at radius 2 is 1.95 bits per heavy atom. The van der Waals surface area contributed by atoms with E-state index in [0.29, 0.717) is 10.0 Å². The SMILES string of the molecule is O=C(Cc1ccnc2ccccc12)c1ccc(F)cc1Br. The number of Topliss-reactive ketones (excluding diaryl/α,β-unsaturated/α-hetero) is 1. The van der Waals surface area contributed by atoms with Crippen molar-refractivity contribution >= 4 is 32.6 Å². The molecule has 0 saturated carbocycles. The first-order chi connectivity index (χ1) is 10.1. The number of carbonyl (C=O) groups is 1. The Morgan fingerprint density at radius 3 is 2.76 bits per heavy atom. The Labute approximate surface area is 129 Å². The average molecular weight is 344 g/mol. The normalized spacial score (nSPS) is 10.8. The number of ketones is 1. The van der Waals surface area contributed by atoms with Crippen LogP contribution in [0.25, 0.3) is 10.9 Å². The Hall–Kier alpha value is -2.07. The molecule has 21 heavy (non-hydrogen) atoms. The molecular weight excluding hydrogens is 333 g/mol. The van der Waals surface area contributed by atoms with Gasteiger partial charge in [0.15, 0.2) is 5.78 Å². The molecule has 0 aliphatic carbocycles. The molecule has 3 aromatic rings. The van der Waals surface area contributed by atoms with Crippen LogP contribution in [-0.4, -0.2) is 10.8 Å².